The van der Waals surface area contributed by atoms with Crippen molar-refractivity contribution < 1.29 is 14.3 Å². The first-order valence-electron chi connectivity index (χ1n) is 7.72. The molecule has 2 N–H and O–H groups in total. The fourth-order valence-electron chi connectivity index (χ4n) is 2.86. The second-order valence-electron chi connectivity index (χ2n) is 6.04. The van der Waals surface area contributed by atoms with Crippen molar-refractivity contribution in [3.05, 3.63) is 60.1 Å². The van der Waals surface area contributed by atoms with Crippen molar-refractivity contribution in [2.75, 3.05) is 0 Å². The van der Waals surface area contributed by atoms with Crippen LogP contribution in [0.15, 0.2) is 53.1 Å². The minimum Gasteiger partial charge on any atom is -0.469 e. The zero-order chi connectivity index (χ0) is 15.5. The maximum absolute atomic E-state index is 12.2. The summed E-state index contributed by atoms with van der Waals surface area (Å²) in [6, 6.07) is 13.2. The number of amides is 1. The van der Waals surface area contributed by atoms with Crippen LogP contribution in [0, 0.1) is 5.92 Å². The molecule has 1 amide bonds. The van der Waals surface area contributed by atoms with Crippen LogP contribution in [0.25, 0.3) is 0 Å². The van der Waals surface area contributed by atoms with Crippen molar-refractivity contribution in [2.24, 2.45) is 5.92 Å². The molecule has 4 nitrogen and oxygen atoms in total. The van der Waals surface area contributed by atoms with Gasteiger partial charge in [0, 0.05) is 17.9 Å². The number of nitrogens with one attached hydrogen (secondary N) is 1. The number of carbonyl (C=O) groups is 1. The molecule has 1 heterocycles. The van der Waals surface area contributed by atoms with Crippen molar-refractivity contribution in [3.63, 3.8) is 0 Å². The van der Waals surface area contributed by atoms with Crippen LogP contribution >= 0.6 is 0 Å². The molecule has 1 aromatic heterocycles. The van der Waals surface area contributed by atoms with Gasteiger partial charge in [-0.05, 0) is 37.5 Å². The maximum atomic E-state index is 12.2. The van der Waals surface area contributed by atoms with Crippen molar-refractivity contribution in [1.29, 1.82) is 0 Å². The molecular weight excluding hydrogens is 278 g/mol. The van der Waals surface area contributed by atoms with Crippen LogP contribution < -0.4 is 5.32 Å². The number of aliphatic hydroxyl groups excluding tert-OH is 1. The summed E-state index contributed by atoms with van der Waals surface area (Å²) < 4.78 is 5.35. The molecule has 22 heavy (non-hydrogen) atoms. The van der Waals surface area contributed by atoms with Crippen LogP contribution in [0.3, 0.4) is 0 Å². The van der Waals surface area contributed by atoms with Gasteiger partial charge in [0.2, 0.25) is 5.91 Å². The molecule has 0 saturated heterocycles. The quantitative estimate of drug-likeness (QED) is 0.862. The van der Waals surface area contributed by atoms with Crippen molar-refractivity contribution >= 4 is 5.91 Å². The van der Waals surface area contributed by atoms with Gasteiger partial charge in [0.15, 0.2) is 0 Å². The Balaban J connectivity index is 1.48. The summed E-state index contributed by atoms with van der Waals surface area (Å²) in [7, 11) is 0. The molecule has 4 unspecified atom stereocenters. The third-order valence-electron chi connectivity index (χ3n) is 4.19. The minimum absolute atomic E-state index is 0.00229. The fourth-order valence-corrected chi connectivity index (χ4v) is 2.86. The number of aliphatic hydroxyl groups is 1. The molecule has 1 saturated carbocycles. The lowest BCUT2D eigenvalue weighted by atomic mass is 10.0. The third kappa shape index (κ3) is 3.39. The van der Waals surface area contributed by atoms with Gasteiger partial charge in [-0.25, -0.2) is 0 Å². The molecule has 1 aromatic carbocycles. The van der Waals surface area contributed by atoms with Gasteiger partial charge in [0.1, 0.15) is 5.76 Å². The Hall–Kier alpha value is -2.07. The fraction of sp³-hybridized carbons (Fsp3) is 0.389. The van der Waals surface area contributed by atoms with E-state index in [1.807, 2.05) is 49.4 Å². The lowest BCUT2D eigenvalue weighted by molar-refractivity contribution is -0.123. The summed E-state index contributed by atoms with van der Waals surface area (Å²) in [5.74, 6) is 1.15. The second kappa shape index (κ2) is 6.36. The average molecular weight is 299 g/mol. The van der Waals surface area contributed by atoms with Crippen LogP contribution in [0.2, 0.25) is 0 Å². The molecule has 3 rings (SSSR count). The molecule has 4 heteroatoms. The highest BCUT2D eigenvalue weighted by atomic mass is 16.3. The summed E-state index contributed by atoms with van der Waals surface area (Å²) in [5.41, 5.74) is 0.878. The first kappa shape index (κ1) is 14.9. The average Bonchev–Trinajstić information content (AvgIpc) is 3.14. The summed E-state index contributed by atoms with van der Waals surface area (Å²) in [5, 5.41) is 13.2. The van der Waals surface area contributed by atoms with E-state index in [1.165, 1.54) is 0 Å². The Morgan fingerprint density at radius 3 is 2.77 bits per heavy atom. The first-order valence-corrected chi connectivity index (χ1v) is 7.72. The number of carbonyl (C=O) groups excluding carboxylic acids is 1. The summed E-state index contributed by atoms with van der Waals surface area (Å²) in [6.07, 6.45) is 2.43. The summed E-state index contributed by atoms with van der Waals surface area (Å²) in [6.45, 7) is 1.92. The predicted molar refractivity (Wildman–Crippen MR) is 83.2 cm³/mol. The van der Waals surface area contributed by atoms with E-state index < -0.39 is 6.10 Å². The van der Waals surface area contributed by atoms with Gasteiger partial charge < -0.3 is 14.8 Å². The largest absolute Gasteiger partial charge is 0.469 e. The standard InChI is InChI=1S/C18H21NO3/c1-12(10-16(20)13-6-3-2-4-7-13)19-18(21)15-11-14(15)17-8-5-9-22-17/h2-9,12,14-16,20H,10-11H2,1H3,(H,19,21). The van der Waals surface area contributed by atoms with Gasteiger partial charge in [-0.1, -0.05) is 30.3 Å². The molecule has 0 aliphatic heterocycles. The molecule has 0 spiro atoms. The maximum Gasteiger partial charge on any atom is 0.224 e. The van der Waals surface area contributed by atoms with Gasteiger partial charge in [-0.2, -0.15) is 0 Å². The second-order valence-corrected chi connectivity index (χ2v) is 6.04. The van der Waals surface area contributed by atoms with Crippen molar-refractivity contribution in [1.82, 2.24) is 5.32 Å². The van der Waals surface area contributed by atoms with Crippen LogP contribution in [-0.4, -0.2) is 17.1 Å². The Kier molecular flexibility index (Phi) is 4.29. The van der Waals surface area contributed by atoms with E-state index in [0.717, 1.165) is 17.7 Å². The summed E-state index contributed by atoms with van der Waals surface area (Å²) in [4.78, 5) is 12.2. The Labute approximate surface area is 130 Å². The zero-order valence-corrected chi connectivity index (χ0v) is 12.6. The van der Waals surface area contributed by atoms with Gasteiger partial charge in [0.25, 0.3) is 0 Å². The Morgan fingerprint density at radius 2 is 2.09 bits per heavy atom. The number of hydrogen-bond donors (Lipinski definition) is 2. The molecule has 116 valence electrons. The van der Waals surface area contributed by atoms with Crippen LogP contribution in [0.4, 0.5) is 0 Å². The highest BCUT2D eigenvalue weighted by Crippen LogP contribution is 2.47. The highest BCUT2D eigenvalue weighted by Gasteiger charge is 2.46. The molecule has 1 aliphatic carbocycles. The molecule has 0 bridgehead atoms. The van der Waals surface area contributed by atoms with E-state index in [-0.39, 0.29) is 23.8 Å². The van der Waals surface area contributed by atoms with Crippen LogP contribution in [-0.2, 0) is 4.79 Å². The molecule has 2 aromatic rings. The van der Waals surface area contributed by atoms with Crippen LogP contribution in [0.1, 0.15) is 43.1 Å². The smallest absolute Gasteiger partial charge is 0.224 e. The van der Waals surface area contributed by atoms with Gasteiger partial charge in [0.05, 0.1) is 12.4 Å². The monoisotopic (exact) mass is 299 g/mol. The zero-order valence-electron chi connectivity index (χ0n) is 12.6. The Morgan fingerprint density at radius 1 is 1.32 bits per heavy atom. The number of rotatable bonds is 6. The molecule has 4 atom stereocenters. The number of benzene rings is 1. The van der Waals surface area contributed by atoms with E-state index in [4.69, 9.17) is 4.42 Å². The molecular formula is C18H21NO3. The van der Waals surface area contributed by atoms with E-state index >= 15 is 0 Å². The number of furan rings is 1. The van der Waals surface area contributed by atoms with Gasteiger partial charge in [-0.3, -0.25) is 4.79 Å². The lowest BCUT2D eigenvalue weighted by Gasteiger charge is -2.18. The predicted octanol–water partition coefficient (Wildman–Crippen LogP) is 3.01. The normalized spacial score (nSPS) is 22.8. The lowest BCUT2D eigenvalue weighted by Crippen LogP contribution is -2.35. The van der Waals surface area contributed by atoms with Crippen molar-refractivity contribution in [2.45, 2.75) is 37.8 Å². The summed E-state index contributed by atoms with van der Waals surface area (Å²) >= 11 is 0. The van der Waals surface area contributed by atoms with Crippen LogP contribution in [0.5, 0.6) is 0 Å². The minimum atomic E-state index is -0.559. The third-order valence-corrected chi connectivity index (χ3v) is 4.19. The topological polar surface area (TPSA) is 62.5 Å². The van der Waals surface area contributed by atoms with E-state index in [2.05, 4.69) is 5.32 Å². The van der Waals surface area contributed by atoms with Crippen molar-refractivity contribution in [3.8, 4) is 0 Å². The van der Waals surface area contributed by atoms with E-state index in [0.29, 0.717) is 6.42 Å². The molecule has 1 aliphatic rings. The Bertz CT molecular complexity index is 609. The first-order chi connectivity index (χ1) is 10.6. The van der Waals surface area contributed by atoms with Gasteiger partial charge in [-0.15, -0.1) is 0 Å². The molecule has 0 radical (unpaired) electrons. The SMILES string of the molecule is CC(CC(O)c1ccccc1)NC(=O)C1CC1c1ccco1. The van der Waals surface area contributed by atoms with E-state index in [9.17, 15) is 9.90 Å². The molecule has 1 fully saturated rings. The number of hydrogen-bond acceptors (Lipinski definition) is 3. The highest BCUT2D eigenvalue weighted by molar-refractivity contribution is 5.82. The van der Waals surface area contributed by atoms with E-state index in [1.54, 1.807) is 6.26 Å². The van der Waals surface area contributed by atoms with Gasteiger partial charge >= 0.3 is 0 Å².